The fraction of sp³-hybridized carbons (Fsp3) is 0. The predicted octanol–water partition coefficient (Wildman–Crippen LogP) is 4.67. The monoisotopic (exact) mass is 378 g/mol. The number of nitrogens with one attached hydrogen (secondary N) is 1. The number of halogens is 1. The summed E-state index contributed by atoms with van der Waals surface area (Å²) in [6.07, 6.45) is 1.31. The van der Waals surface area contributed by atoms with Crippen LogP contribution in [0.5, 0.6) is 0 Å². The third-order valence-electron chi connectivity index (χ3n) is 4.16. The maximum absolute atomic E-state index is 14.2. The number of aromatic amines is 1. The smallest absolute Gasteiger partial charge is 0.210 e. The molecule has 27 heavy (non-hydrogen) atoms. The minimum atomic E-state index is -3.92. The van der Waals surface area contributed by atoms with Crippen LogP contribution >= 0.6 is 0 Å². The first-order chi connectivity index (χ1) is 13.1. The SMILES string of the molecule is O=S(=O)(C(=Cc1ccccc1F)c1nc2ccccc2[nH]1)c1ccccc1. The van der Waals surface area contributed by atoms with E-state index in [1.807, 2.05) is 18.2 Å². The summed E-state index contributed by atoms with van der Waals surface area (Å²) in [7, 11) is -3.92. The number of fused-ring (bicyclic) bond motifs is 1. The zero-order chi connectivity index (χ0) is 18.9. The van der Waals surface area contributed by atoms with E-state index in [1.165, 1.54) is 30.3 Å². The zero-order valence-electron chi connectivity index (χ0n) is 14.1. The van der Waals surface area contributed by atoms with Crippen molar-refractivity contribution in [2.75, 3.05) is 0 Å². The molecule has 4 nitrogen and oxygen atoms in total. The van der Waals surface area contributed by atoms with Crippen molar-refractivity contribution in [2.45, 2.75) is 4.90 Å². The highest BCUT2D eigenvalue weighted by molar-refractivity contribution is 8.00. The van der Waals surface area contributed by atoms with Gasteiger partial charge in [0, 0.05) is 5.56 Å². The summed E-state index contributed by atoms with van der Waals surface area (Å²) in [5.41, 5.74) is 1.51. The predicted molar refractivity (Wildman–Crippen MR) is 104 cm³/mol. The van der Waals surface area contributed by atoms with Crippen LogP contribution in [0.4, 0.5) is 4.39 Å². The van der Waals surface area contributed by atoms with Gasteiger partial charge in [-0.25, -0.2) is 17.8 Å². The molecule has 0 aliphatic rings. The summed E-state index contributed by atoms with van der Waals surface area (Å²) >= 11 is 0. The number of sulfone groups is 1. The van der Waals surface area contributed by atoms with Crippen LogP contribution in [0.25, 0.3) is 22.0 Å². The molecule has 0 saturated carbocycles. The van der Waals surface area contributed by atoms with E-state index in [2.05, 4.69) is 9.97 Å². The lowest BCUT2D eigenvalue weighted by molar-refractivity contribution is 0.606. The minimum Gasteiger partial charge on any atom is -0.337 e. The number of nitrogens with zero attached hydrogens (tertiary/aromatic N) is 1. The molecule has 0 saturated heterocycles. The van der Waals surface area contributed by atoms with Gasteiger partial charge in [0.2, 0.25) is 9.84 Å². The van der Waals surface area contributed by atoms with E-state index >= 15 is 0 Å². The summed E-state index contributed by atoms with van der Waals surface area (Å²) in [6, 6.07) is 21.3. The Hall–Kier alpha value is -3.25. The normalized spacial score (nSPS) is 12.4. The first kappa shape index (κ1) is 17.2. The van der Waals surface area contributed by atoms with E-state index in [0.717, 1.165) is 0 Å². The maximum atomic E-state index is 14.2. The number of benzene rings is 3. The van der Waals surface area contributed by atoms with Crippen LogP contribution in [0.3, 0.4) is 0 Å². The van der Waals surface area contributed by atoms with Crippen LogP contribution in [-0.2, 0) is 9.84 Å². The third kappa shape index (κ3) is 3.27. The Balaban J connectivity index is 1.97. The summed E-state index contributed by atoms with van der Waals surface area (Å²) in [5.74, 6) is -0.335. The number of aromatic nitrogens is 2. The number of rotatable bonds is 4. The molecule has 6 heteroatoms. The van der Waals surface area contributed by atoms with Gasteiger partial charge in [0.05, 0.1) is 15.9 Å². The Bertz CT molecular complexity index is 1210. The largest absolute Gasteiger partial charge is 0.337 e. The summed E-state index contributed by atoms with van der Waals surface area (Å²) < 4.78 is 40.7. The topological polar surface area (TPSA) is 62.8 Å². The highest BCUT2D eigenvalue weighted by Crippen LogP contribution is 2.30. The average molecular weight is 378 g/mol. The molecule has 1 N–H and O–H groups in total. The molecular weight excluding hydrogens is 363 g/mol. The van der Waals surface area contributed by atoms with Gasteiger partial charge < -0.3 is 4.98 Å². The van der Waals surface area contributed by atoms with Crippen molar-refractivity contribution in [1.29, 1.82) is 0 Å². The molecular formula is C21H15FN2O2S. The van der Waals surface area contributed by atoms with Gasteiger partial charge in [-0.15, -0.1) is 0 Å². The second-order valence-electron chi connectivity index (χ2n) is 5.95. The van der Waals surface area contributed by atoms with Gasteiger partial charge in [0.1, 0.15) is 16.5 Å². The Morgan fingerprint density at radius 1 is 0.889 bits per heavy atom. The number of para-hydroxylation sites is 2. The van der Waals surface area contributed by atoms with E-state index in [4.69, 9.17) is 0 Å². The van der Waals surface area contributed by atoms with E-state index in [0.29, 0.717) is 11.0 Å². The van der Waals surface area contributed by atoms with E-state index in [1.54, 1.807) is 36.4 Å². The first-order valence-electron chi connectivity index (χ1n) is 8.27. The van der Waals surface area contributed by atoms with Crippen molar-refractivity contribution in [3.8, 4) is 0 Å². The standard InChI is InChI=1S/C21H15FN2O2S/c22-17-11-5-4-8-15(17)14-20(27(25,26)16-9-2-1-3-10-16)21-23-18-12-6-7-13-19(18)24-21/h1-14H,(H,23,24). The molecule has 3 aromatic carbocycles. The molecule has 0 fully saturated rings. The third-order valence-corrected chi connectivity index (χ3v) is 5.94. The van der Waals surface area contributed by atoms with Crippen molar-refractivity contribution in [2.24, 2.45) is 0 Å². The van der Waals surface area contributed by atoms with Crippen LogP contribution in [0.15, 0.2) is 83.8 Å². The molecule has 134 valence electrons. The van der Waals surface area contributed by atoms with Crippen molar-refractivity contribution < 1.29 is 12.8 Å². The number of hydrogen-bond acceptors (Lipinski definition) is 3. The fourth-order valence-corrected chi connectivity index (χ4v) is 4.21. The van der Waals surface area contributed by atoms with Gasteiger partial charge in [-0.05, 0) is 36.4 Å². The Morgan fingerprint density at radius 3 is 2.30 bits per heavy atom. The van der Waals surface area contributed by atoms with Crippen molar-refractivity contribution >= 4 is 31.9 Å². The Labute approximate surface area is 155 Å². The van der Waals surface area contributed by atoms with Crippen LogP contribution < -0.4 is 0 Å². The van der Waals surface area contributed by atoms with Gasteiger partial charge in [-0.3, -0.25) is 0 Å². The van der Waals surface area contributed by atoms with Crippen molar-refractivity contribution in [3.05, 3.63) is 96.1 Å². The molecule has 0 aliphatic carbocycles. The fourth-order valence-electron chi connectivity index (χ4n) is 2.80. The molecule has 0 spiro atoms. The van der Waals surface area contributed by atoms with Crippen LogP contribution in [0.2, 0.25) is 0 Å². The minimum absolute atomic E-state index is 0.0880. The second-order valence-corrected chi connectivity index (χ2v) is 7.87. The quantitative estimate of drug-likeness (QED) is 0.561. The van der Waals surface area contributed by atoms with Gasteiger partial charge in [0.25, 0.3) is 0 Å². The number of hydrogen-bond donors (Lipinski definition) is 1. The molecule has 0 atom stereocenters. The van der Waals surface area contributed by atoms with E-state index < -0.39 is 15.7 Å². The maximum Gasteiger partial charge on any atom is 0.210 e. The summed E-state index contributed by atoms with van der Waals surface area (Å²) in [5, 5.41) is 0. The molecule has 0 amide bonds. The molecule has 0 bridgehead atoms. The van der Waals surface area contributed by atoms with Gasteiger partial charge in [-0.2, -0.15) is 0 Å². The molecule has 1 aromatic heterocycles. The molecule has 4 aromatic rings. The van der Waals surface area contributed by atoms with Gasteiger partial charge in [0.15, 0.2) is 0 Å². The lowest BCUT2D eigenvalue weighted by Crippen LogP contribution is -2.06. The summed E-state index contributed by atoms with van der Waals surface area (Å²) in [6.45, 7) is 0. The zero-order valence-corrected chi connectivity index (χ0v) is 14.9. The molecule has 4 rings (SSSR count). The van der Waals surface area contributed by atoms with Crippen LogP contribution in [0, 0.1) is 5.82 Å². The Morgan fingerprint density at radius 2 is 1.56 bits per heavy atom. The van der Waals surface area contributed by atoms with E-state index in [9.17, 15) is 12.8 Å². The summed E-state index contributed by atoms with van der Waals surface area (Å²) in [4.78, 5) is 7.47. The molecule has 0 aliphatic heterocycles. The van der Waals surface area contributed by atoms with Crippen LogP contribution in [0.1, 0.15) is 11.4 Å². The molecule has 0 radical (unpaired) electrons. The molecule has 0 unspecified atom stereocenters. The number of imidazole rings is 1. The molecule has 1 heterocycles. The van der Waals surface area contributed by atoms with Crippen molar-refractivity contribution in [3.63, 3.8) is 0 Å². The highest BCUT2D eigenvalue weighted by Gasteiger charge is 2.25. The van der Waals surface area contributed by atoms with Crippen LogP contribution in [-0.4, -0.2) is 18.4 Å². The first-order valence-corrected chi connectivity index (χ1v) is 9.75. The Kier molecular flexibility index (Phi) is 4.33. The second kappa shape index (κ2) is 6.81. The van der Waals surface area contributed by atoms with Gasteiger partial charge >= 0.3 is 0 Å². The van der Waals surface area contributed by atoms with Crippen molar-refractivity contribution in [1.82, 2.24) is 9.97 Å². The highest BCUT2D eigenvalue weighted by atomic mass is 32.2. The number of H-pyrrole nitrogens is 1. The van der Waals surface area contributed by atoms with Gasteiger partial charge in [-0.1, -0.05) is 48.5 Å². The lowest BCUT2D eigenvalue weighted by atomic mass is 10.2. The van der Waals surface area contributed by atoms with E-state index in [-0.39, 0.29) is 21.2 Å². The average Bonchev–Trinajstić information content (AvgIpc) is 3.11. The lowest BCUT2D eigenvalue weighted by Gasteiger charge is -2.08.